The molecule has 3 heterocycles. The number of amides is 1. The van der Waals surface area contributed by atoms with Gasteiger partial charge in [-0.15, -0.1) is 0 Å². The van der Waals surface area contributed by atoms with Gasteiger partial charge in [0, 0.05) is 32.4 Å². The number of aromatic nitrogens is 4. The van der Waals surface area contributed by atoms with Gasteiger partial charge in [-0.1, -0.05) is 11.8 Å². The van der Waals surface area contributed by atoms with Crippen LogP contribution >= 0.6 is 27.7 Å². The number of nitrogens with one attached hydrogen (secondary N) is 1. The second-order valence-corrected chi connectivity index (χ2v) is 7.28. The van der Waals surface area contributed by atoms with Gasteiger partial charge in [-0.3, -0.25) is 4.79 Å². The highest BCUT2D eigenvalue weighted by molar-refractivity contribution is 9.10. The van der Waals surface area contributed by atoms with Gasteiger partial charge in [-0.2, -0.15) is 0 Å². The van der Waals surface area contributed by atoms with Crippen molar-refractivity contribution in [2.24, 2.45) is 7.05 Å². The molecule has 1 fully saturated rings. The zero-order valence-electron chi connectivity index (χ0n) is 13.6. The van der Waals surface area contributed by atoms with Crippen molar-refractivity contribution < 1.29 is 4.79 Å². The second kappa shape index (κ2) is 7.52. The van der Waals surface area contributed by atoms with E-state index in [0.29, 0.717) is 5.69 Å². The van der Waals surface area contributed by atoms with Crippen LogP contribution in [0.15, 0.2) is 28.4 Å². The highest BCUT2D eigenvalue weighted by Gasteiger charge is 2.24. The predicted octanol–water partition coefficient (Wildman–Crippen LogP) is 2.09. The molecule has 0 aromatic carbocycles. The van der Waals surface area contributed by atoms with Gasteiger partial charge >= 0.3 is 0 Å². The Labute approximate surface area is 153 Å². The highest BCUT2D eigenvalue weighted by atomic mass is 79.9. The molecule has 1 saturated heterocycles. The van der Waals surface area contributed by atoms with Gasteiger partial charge < -0.3 is 14.8 Å². The first kappa shape index (κ1) is 17.2. The summed E-state index contributed by atoms with van der Waals surface area (Å²) in [7, 11) is 1.82. The van der Waals surface area contributed by atoms with Crippen LogP contribution in [0.3, 0.4) is 0 Å². The zero-order valence-corrected chi connectivity index (χ0v) is 16.0. The minimum absolute atomic E-state index is 0.0682. The lowest BCUT2D eigenvalue weighted by molar-refractivity contribution is 0.0923. The monoisotopic (exact) mass is 410 g/mol. The molecule has 1 aliphatic heterocycles. The first-order valence-electron chi connectivity index (χ1n) is 7.67. The van der Waals surface area contributed by atoms with Gasteiger partial charge in [0.2, 0.25) is 0 Å². The summed E-state index contributed by atoms with van der Waals surface area (Å²) in [6.45, 7) is 1.69. The average molecular weight is 411 g/mol. The molecule has 0 bridgehead atoms. The molecule has 2 aromatic rings. The molecule has 0 spiro atoms. The lowest BCUT2D eigenvalue weighted by Gasteiger charge is -2.33. The maximum Gasteiger partial charge on any atom is 0.269 e. The normalized spacial score (nSPS) is 15.5. The molecule has 1 amide bonds. The summed E-state index contributed by atoms with van der Waals surface area (Å²) in [4.78, 5) is 27.3. The Morgan fingerprint density at radius 1 is 1.38 bits per heavy atom. The Bertz CT molecular complexity index is 729. The Morgan fingerprint density at radius 3 is 2.75 bits per heavy atom. The summed E-state index contributed by atoms with van der Waals surface area (Å²) in [6, 6.07) is 0.171. The summed E-state index contributed by atoms with van der Waals surface area (Å²) in [5.41, 5.74) is 0.584. The third-order valence-corrected chi connectivity index (χ3v) is 5.19. The molecule has 2 aromatic heterocycles. The van der Waals surface area contributed by atoms with E-state index in [1.165, 1.54) is 11.8 Å². The first-order chi connectivity index (χ1) is 11.6. The molecule has 0 unspecified atom stereocenters. The van der Waals surface area contributed by atoms with E-state index in [1.807, 2.05) is 13.3 Å². The van der Waals surface area contributed by atoms with Crippen LogP contribution < -0.4 is 10.2 Å². The highest BCUT2D eigenvalue weighted by Crippen LogP contribution is 2.27. The molecule has 7 nitrogen and oxygen atoms in total. The van der Waals surface area contributed by atoms with Crippen LogP contribution in [0, 0.1) is 0 Å². The standard InChI is InChI=1S/C15H19BrN6OS/c1-21-9-17-8-12(21)14(23)19-10-3-5-22(6-4-10)13-11(16)7-18-15(20-13)24-2/h7-10H,3-6H2,1-2H3,(H,19,23). The van der Waals surface area contributed by atoms with E-state index in [-0.39, 0.29) is 11.9 Å². The quantitative estimate of drug-likeness (QED) is 0.614. The molecular formula is C15H19BrN6OS. The number of rotatable bonds is 4. The summed E-state index contributed by atoms with van der Waals surface area (Å²) in [5, 5.41) is 3.86. The molecule has 1 aliphatic rings. The molecule has 24 heavy (non-hydrogen) atoms. The average Bonchev–Trinajstić information content (AvgIpc) is 3.02. The maximum atomic E-state index is 12.3. The van der Waals surface area contributed by atoms with Crippen molar-refractivity contribution in [1.29, 1.82) is 0 Å². The number of thioether (sulfide) groups is 1. The molecule has 9 heteroatoms. The van der Waals surface area contributed by atoms with Crippen molar-refractivity contribution in [2.75, 3.05) is 24.2 Å². The second-order valence-electron chi connectivity index (χ2n) is 5.65. The molecule has 0 aliphatic carbocycles. The van der Waals surface area contributed by atoms with Crippen LogP contribution in [0.4, 0.5) is 5.82 Å². The molecule has 0 atom stereocenters. The van der Waals surface area contributed by atoms with Gasteiger partial charge in [0.05, 0.1) is 17.0 Å². The van der Waals surface area contributed by atoms with Crippen LogP contribution in [0.1, 0.15) is 23.3 Å². The summed E-state index contributed by atoms with van der Waals surface area (Å²) < 4.78 is 2.63. The molecule has 0 radical (unpaired) electrons. The fraction of sp³-hybridized carbons (Fsp3) is 0.467. The molecule has 1 N–H and O–H groups in total. The number of carbonyl (C=O) groups is 1. The predicted molar refractivity (Wildman–Crippen MR) is 97.4 cm³/mol. The van der Waals surface area contributed by atoms with Crippen LogP contribution in [-0.2, 0) is 7.05 Å². The minimum Gasteiger partial charge on any atom is -0.355 e. The number of nitrogens with zero attached hydrogens (tertiary/aromatic N) is 5. The number of halogens is 1. The van der Waals surface area contributed by atoms with Crippen molar-refractivity contribution in [2.45, 2.75) is 24.0 Å². The number of imidazole rings is 1. The van der Waals surface area contributed by atoms with Gasteiger partial charge in [0.15, 0.2) is 5.16 Å². The number of anilines is 1. The number of hydrogen-bond acceptors (Lipinski definition) is 6. The number of aryl methyl sites for hydroxylation is 1. The van der Waals surface area contributed by atoms with Gasteiger partial charge in [0.25, 0.3) is 5.91 Å². The lowest BCUT2D eigenvalue weighted by Crippen LogP contribution is -2.45. The number of carbonyl (C=O) groups excluding carboxylic acids is 1. The molecule has 3 rings (SSSR count). The van der Waals surface area contributed by atoms with E-state index in [4.69, 9.17) is 0 Å². The van der Waals surface area contributed by atoms with Gasteiger partial charge in [-0.05, 0) is 35.0 Å². The van der Waals surface area contributed by atoms with Crippen LogP contribution in [-0.4, -0.2) is 50.8 Å². The van der Waals surface area contributed by atoms with E-state index >= 15 is 0 Å². The fourth-order valence-electron chi connectivity index (χ4n) is 2.73. The Kier molecular flexibility index (Phi) is 5.40. The van der Waals surface area contributed by atoms with Crippen LogP contribution in [0.2, 0.25) is 0 Å². The van der Waals surface area contributed by atoms with Crippen molar-refractivity contribution in [3.8, 4) is 0 Å². The Hall–Kier alpha value is -1.61. The van der Waals surface area contributed by atoms with Crippen molar-refractivity contribution in [3.63, 3.8) is 0 Å². The van der Waals surface area contributed by atoms with Crippen molar-refractivity contribution in [1.82, 2.24) is 24.8 Å². The third kappa shape index (κ3) is 3.72. The lowest BCUT2D eigenvalue weighted by atomic mass is 10.0. The van der Waals surface area contributed by atoms with E-state index in [1.54, 1.807) is 23.3 Å². The van der Waals surface area contributed by atoms with Crippen molar-refractivity contribution in [3.05, 3.63) is 28.9 Å². The maximum absolute atomic E-state index is 12.3. The smallest absolute Gasteiger partial charge is 0.269 e. The summed E-state index contributed by atoms with van der Waals surface area (Å²) in [5.74, 6) is 0.854. The fourth-order valence-corrected chi connectivity index (χ4v) is 3.51. The van der Waals surface area contributed by atoms with E-state index in [0.717, 1.165) is 41.4 Å². The number of piperidine rings is 1. The topological polar surface area (TPSA) is 75.9 Å². The Balaban J connectivity index is 1.60. The third-order valence-electron chi connectivity index (χ3n) is 4.07. The summed E-state index contributed by atoms with van der Waals surface area (Å²) in [6.07, 6.45) is 8.75. The van der Waals surface area contributed by atoms with Gasteiger partial charge in [0.1, 0.15) is 11.5 Å². The minimum atomic E-state index is -0.0682. The zero-order chi connectivity index (χ0) is 17.1. The summed E-state index contributed by atoms with van der Waals surface area (Å²) >= 11 is 5.06. The first-order valence-corrected chi connectivity index (χ1v) is 9.69. The molecular weight excluding hydrogens is 392 g/mol. The van der Waals surface area contributed by atoms with Gasteiger partial charge in [-0.25, -0.2) is 15.0 Å². The largest absolute Gasteiger partial charge is 0.355 e. The van der Waals surface area contributed by atoms with E-state index in [9.17, 15) is 4.79 Å². The van der Waals surface area contributed by atoms with E-state index < -0.39 is 0 Å². The van der Waals surface area contributed by atoms with Crippen LogP contribution in [0.25, 0.3) is 0 Å². The number of hydrogen-bond donors (Lipinski definition) is 1. The Morgan fingerprint density at radius 2 is 2.12 bits per heavy atom. The van der Waals surface area contributed by atoms with Crippen molar-refractivity contribution >= 4 is 39.4 Å². The molecule has 128 valence electrons. The van der Waals surface area contributed by atoms with Crippen LogP contribution in [0.5, 0.6) is 0 Å². The SMILES string of the molecule is CSc1ncc(Br)c(N2CCC(NC(=O)c3cncn3C)CC2)n1. The van der Waals surface area contributed by atoms with E-state index in [2.05, 4.69) is 41.1 Å². The molecule has 0 saturated carbocycles.